The highest BCUT2D eigenvalue weighted by Gasteiger charge is 2.12. The Labute approximate surface area is 110 Å². The van der Waals surface area contributed by atoms with Gasteiger partial charge in [-0.15, -0.1) is 0 Å². The number of anilines is 1. The lowest BCUT2D eigenvalue weighted by Gasteiger charge is -2.04. The summed E-state index contributed by atoms with van der Waals surface area (Å²) in [5, 5.41) is 15.2. The lowest BCUT2D eigenvalue weighted by Crippen LogP contribution is -2.33. The summed E-state index contributed by atoms with van der Waals surface area (Å²) in [5.74, 6) is -0.534. The molecule has 94 valence electrons. The molecule has 0 aliphatic rings. The van der Waals surface area contributed by atoms with Crippen molar-refractivity contribution < 1.29 is 14.5 Å². The van der Waals surface area contributed by atoms with Crippen LogP contribution in [0.5, 0.6) is 0 Å². The highest BCUT2D eigenvalue weighted by atomic mass is 79.9. The van der Waals surface area contributed by atoms with E-state index < -0.39 is 5.97 Å². The van der Waals surface area contributed by atoms with E-state index in [0.29, 0.717) is 15.9 Å². The van der Waals surface area contributed by atoms with Crippen LogP contribution in [0.2, 0.25) is 0 Å². The number of carbonyl (C=O) groups excluding carboxylic acids is 1. The Balaban J connectivity index is 2.31. The Bertz CT molecular complexity index is 605. The number of carbonyl (C=O) groups is 1. The second kappa shape index (κ2) is 5.13. The Hall–Kier alpha value is -1.96. The minimum absolute atomic E-state index is 0.0679. The van der Waals surface area contributed by atoms with Crippen LogP contribution in [0.3, 0.4) is 0 Å². The fraction of sp³-hybridized carbons (Fsp3) is 0.200. The molecule has 1 aromatic carbocycles. The molecule has 0 atom stereocenters. The van der Waals surface area contributed by atoms with Crippen LogP contribution in [0, 0.1) is 5.21 Å². The summed E-state index contributed by atoms with van der Waals surface area (Å²) in [6.45, 7) is 1.65. The monoisotopic (exact) mass is 312 g/mol. The average Bonchev–Trinajstić information content (AvgIpc) is 2.37. The molecule has 8 heteroatoms. The summed E-state index contributed by atoms with van der Waals surface area (Å²) in [6, 6.07) is 5.00. The quantitative estimate of drug-likeness (QED) is 0.522. The van der Waals surface area contributed by atoms with Gasteiger partial charge in [0.1, 0.15) is 5.52 Å². The zero-order valence-electron chi connectivity index (χ0n) is 9.38. The summed E-state index contributed by atoms with van der Waals surface area (Å²) in [7, 11) is 0. The molecule has 1 heterocycles. The zero-order valence-corrected chi connectivity index (χ0v) is 11.0. The van der Waals surface area contributed by atoms with Crippen molar-refractivity contribution in [3.05, 3.63) is 27.9 Å². The maximum absolute atomic E-state index is 11.6. The Morgan fingerprint density at radius 2 is 2.39 bits per heavy atom. The van der Waals surface area contributed by atoms with Crippen molar-refractivity contribution in [2.45, 2.75) is 13.3 Å². The van der Waals surface area contributed by atoms with Gasteiger partial charge in [-0.1, -0.05) is 22.9 Å². The minimum atomic E-state index is -0.466. The third-order valence-corrected chi connectivity index (χ3v) is 2.59. The number of hydrogen-bond acceptors (Lipinski definition) is 6. The normalized spacial score (nSPS) is 10.3. The fourth-order valence-corrected chi connectivity index (χ4v) is 1.59. The van der Waals surface area contributed by atoms with Crippen molar-refractivity contribution in [2.75, 3.05) is 5.48 Å². The predicted octanol–water partition coefficient (Wildman–Crippen LogP) is 1.31. The molecule has 1 N–H and O–H groups in total. The first-order valence-corrected chi connectivity index (χ1v) is 5.92. The number of rotatable bonds is 3. The molecular formula is C10H9BrN4O3. The first kappa shape index (κ1) is 12.5. The first-order valence-electron chi connectivity index (χ1n) is 5.13. The Kier molecular flexibility index (Phi) is 3.56. The number of nitrogens with zero attached hydrogens (tertiary/aromatic N) is 3. The largest absolute Gasteiger partial charge is 0.594 e. The summed E-state index contributed by atoms with van der Waals surface area (Å²) in [5.41, 5.74) is 3.00. The van der Waals surface area contributed by atoms with E-state index in [2.05, 4.69) is 36.3 Å². The van der Waals surface area contributed by atoms with E-state index in [0.717, 1.165) is 4.47 Å². The zero-order chi connectivity index (χ0) is 13.1. The molecule has 0 bridgehead atoms. The number of hydrogen-bond donors (Lipinski definition) is 1. The van der Waals surface area contributed by atoms with Crippen molar-refractivity contribution in [2.24, 2.45) is 0 Å². The highest BCUT2D eigenvalue weighted by Crippen LogP contribution is 2.15. The van der Waals surface area contributed by atoms with Crippen LogP contribution >= 0.6 is 15.9 Å². The molecule has 2 rings (SSSR count). The van der Waals surface area contributed by atoms with E-state index in [1.165, 1.54) is 0 Å². The van der Waals surface area contributed by atoms with Crippen LogP contribution in [-0.4, -0.2) is 16.1 Å². The number of fused-ring (bicyclic) bond motifs is 1. The molecule has 2 aromatic rings. The van der Waals surface area contributed by atoms with Crippen molar-refractivity contribution >= 4 is 38.9 Å². The number of halogens is 1. The summed E-state index contributed by atoms with van der Waals surface area (Å²) < 4.78 is 0.751. The molecule has 0 fully saturated rings. The van der Waals surface area contributed by atoms with Crippen molar-refractivity contribution in [1.29, 1.82) is 0 Å². The molecule has 0 unspecified atom stereocenters. The van der Waals surface area contributed by atoms with Crippen LogP contribution in [0.15, 0.2) is 22.7 Å². The van der Waals surface area contributed by atoms with Gasteiger partial charge in [-0.05, 0) is 17.0 Å². The van der Waals surface area contributed by atoms with Crippen LogP contribution < -0.4 is 10.3 Å². The standard InChI is InChI=1S/C10H9BrN4O3/c1-2-9(16)18-14-10-12-7-4-3-6(11)5-8(7)15(17)13-10/h3-5H,2H2,1H3,(H,12,13,14). The van der Waals surface area contributed by atoms with E-state index in [-0.39, 0.29) is 12.4 Å². The lowest BCUT2D eigenvalue weighted by atomic mass is 10.3. The van der Waals surface area contributed by atoms with Gasteiger partial charge < -0.3 is 10.0 Å². The second-order valence-corrected chi connectivity index (χ2v) is 4.29. The molecule has 0 amide bonds. The van der Waals surface area contributed by atoms with E-state index in [4.69, 9.17) is 0 Å². The number of nitrogens with one attached hydrogen (secondary N) is 1. The third kappa shape index (κ3) is 2.65. The van der Waals surface area contributed by atoms with Crippen LogP contribution in [0.4, 0.5) is 5.95 Å². The SMILES string of the molecule is CCC(=O)ONc1nc2ccc(Br)cc2[n+]([O-])n1. The van der Waals surface area contributed by atoms with Crippen LogP contribution in [0.1, 0.15) is 13.3 Å². The molecule has 7 nitrogen and oxygen atoms in total. The van der Waals surface area contributed by atoms with E-state index in [9.17, 15) is 10.0 Å². The maximum Gasteiger partial charge on any atom is 0.331 e. The Morgan fingerprint density at radius 3 is 3.11 bits per heavy atom. The van der Waals surface area contributed by atoms with Gasteiger partial charge in [-0.25, -0.2) is 4.79 Å². The number of benzene rings is 1. The highest BCUT2D eigenvalue weighted by molar-refractivity contribution is 9.10. The summed E-state index contributed by atoms with van der Waals surface area (Å²) >= 11 is 3.25. The predicted molar refractivity (Wildman–Crippen MR) is 66.2 cm³/mol. The van der Waals surface area contributed by atoms with E-state index in [1.807, 2.05) is 0 Å². The van der Waals surface area contributed by atoms with Gasteiger partial charge in [-0.2, -0.15) is 10.5 Å². The van der Waals surface area contributed by atoms with Crippen LogP contribution in [-0.2, 0) is 9.63 Å². The van der Waals surface area contributed by atoms with Gasteiger partial charge in [0, 0.05) is 17.0 Å². The van der Waals surface area contributed by atoms with E-state index >= 15 is 0 Å². The summed E-state index contributed by atoms with van der Waals surface area (Å²) in [4.78, 5) is 20.0. The summed E-state index contributed by atoms with van der Waals surface area (Å²) in [6.07, 6.45) is 0.213. The van der Waals surface area contributed by atoms with E-state index in [1.54, 1.807) is 25.1 Å². The number of aromatic nitrogens is 3. The van der Waals surface area contributed by atoms with Crippen molar-refractivity contribution in [3.63, 3.8) is 0 Å². The lowest BCUT2D eigenvalue weighted by molar-refractivity contribution is -0.641. The molecular weight excluding hydrogens is 304 g/mol. The third-order valence-electron chi connectivity index (χ3n) is 2.10. The van der Waals surface area contributed by atoms with Crippen LogP contribution in [0.25, 0.3) is 11.0 Å². The first-order chi connectivity index (χ1) is 8.60. The Morgan fingerprint density at radius 1 is 1.61 bits per heavy atom. The van der Waals surface area contributed by atoms with Gasteiger partial charge >= 0.3 is 11.9 Å². The van der Waals surface area contributed by atoms with Gasteiger partial charge in [0.05, 0.1) is 5.10 Å². The topological polar surface area (TPSA) is 91.0 Å². The van der Waals surface area contributed by atoms with Crippen molar-refractivity contribution in [1.82, 2.24) is 10.1 Å². The smallest absolute Gasteiger partial charge is 0.331 e. The molecule has 0 saturated heterocycles. The minimum Gasteiger partial charge on any atom is -0.594 e. The molecule has 18 heavy (non-hydrogen) atoms. The van der Waals surface area contributed by atoms with Gasteiger partial charge in [-0.3, -0.25) is 0 Å². The maximum atomic E-state index is 11.6. The molecule has 0 saturated carbocycles. The molecule has 1 aromatic heterocycles. The molecule has 0 aliphatic carbocycles. The van der Waals surface area contributed by atoms with Crippen molar-refractivity contribution in [3.8, 4) is 0 Å². The molecule has 0 spiro atoms. The van der Waals surface area contributed by atoms with Gasteiger partial charge in [0.25, 0.3) is 5.52 Å². The molecule has 0 radical (unpaired) electrons. The average molecular weight is 313 g/mol. The molecule has 0 aliphatic heterocycles. The second-order valence-electron chi connectivity index (χ2n) is 3.37. The van der Waals surface area contributed by atoms with Gasteiger partial charge in [0.15, 0.2) is 0 Å². The fourth-order valence-electron chi connectivity index (χ4n) is 1.24. The van der Waals surface area contributed by atoms with Gasteiger partial charge in [0.2, 0.25) is 0 Å².